The zero-order chi connectivity index (χ0) is 13.1. The third-order valence-corrected chi connectivity index (χ3v) is 2.82. The van der Waals surface area contributed by atoms with Crippen molar-refractivity contribution < 1.29 is 14.2 Å². The van der Waals surface area contributed by atoms with Crippen LogP contribution in [0.4, 0.5) is 4.39 Å². The first-order valence-electron chi connectivity index (χ1n) is 5.44. The number of halogens is 2. The molecule has 2 rings (SSSR count). The second-order valence-electron chi connectivity index (χ2n) is 3.92. The van der Waals surface area contributed by atoms with Crippen LogP contribution >= 0.6 is 11.6 Å². The van der Waals surface area contributed by atoms with Gasteiger partial charge in [0, 0.05) is 5.56 Å². The molecule has 0 aliphatic rings. The minimum atomic E-state index is -0.468. The molecular weight excluding hydrogens is 255 g/mol. The quantitative estimate of drug-likeness (QED) is 0.907. The van der Waals surface area contributed by atoms with Crippen molar-refractivity contribution in [1.82, 2.24) is 0 Å². The zero-order valence-electron chi connectivity index (χ0n) is 9.78. The van der Waals surface area contributed by atoms with E-state index in [0.29, 0.717) is 10.6 Å². The molecule has 1 N–H and O–H groups in total. The molecule has 0 saturated heterocycles. The van der Waals surface area contributed by atoms with E-state index in [0.717, 1.165) is 5.56 Å². The third kappa shape index (κ3) is 2.63. The van der Waals surface area contributed by atoms with E-state index in [-0.39, 0.29) is 18.1 Å². The fourth-order valence-corrected chi connectivity index (χ4v) is 1.82. The lowest BCUT2D eigenvalue weighted by Crippen LogP contribution is -1.95. The Morgan fingerprint density at radius 3 is 2.78 bits per heavy atom. The van der Waals surface area contributed by atoms with Gasteiger partial charge in [-0.25, -0.2) is 4.39 Å². The highest BCUT2D eigenvalue weighted by molar-refractivity contribution is 6.32. The van der Waals surface area contributed by atoms with Gasteiger partial charge in [-0.05, 0) is 30.7 Å². The number of aliphatic hydroxyl groups is 1. The molecule has 0 aliphatic carbocycles. The number of para-hydroxylation sites is 1. The van der Waals surface area contributed by atoms with Crippen molar-refractivity contribution in [3.63, 3.8) is 0 Å². The van der Waals surface area contributed by atoms with Gasteiger partial charge in [-0.2, -0.15) is 0 Å². The Labute approximate surface area is 110 Å². The highest BCUT2D eigenvalue weighted by Crippen LogP contribution is 2.34. The molecule has 0 fully saturated rings. The van der Waals surface area contributed by atoms with E-state index >= 15 is 0 Å². The summed E-state index contributed by atoms with van der Waals surface area (Å²) in [4.78, 5) is 0. The first kappa shape index (κ1) is 12.9. The maximum absolute atomic E-state index is 13.6. The predicted octanol–water partition coefficient (Wildman–Crippen LogP) is 4.07. The van der Waals surface area contributed by atoms with Gasteiger partial charge in [0.25, 0.3) is 0 Å². The molecule has 2 nitrogen and oxygen atoms in total. The molecule has 0 atom stereocenters. The molecule has 0 amide bonds. The van der Waals surface area contributed by atoms with Crippen LogP contribution in [-0.2, 0) is 6.61 Å². The molecule has 0 unspecified atom stereocenters. The van der Waals surface area contributed by atoms with Gasteiger partial charge in [0.15, 0.2) is 17.3 Å². The summed E-state index contributed by atoms with van der Waals surface area (Å²) in [6.07, 6.45) is 0. The van der Waals surface area contributed by atoms with Gasteiger partial charge < -0.3 is 9.84 Å². The van der Waals surface area contributed by atoms with E-state index in [1.807, 2.05) is 6.92 Å². The Bertz CT molecular complexity index is 570. The van der Waals surface area contributed by atoms with Gasteiger partial charge in [-0.1, -0.05) is 29.8 Å². The molecule has 4 heteroatoms. The molecule has 0 radical (unpaired) electrons. The number of hydrogen-bond donors (Lipinski definition) is 1. The molecule has 2 aromatic carbocycles. The van der Waals surface area contributed by atoms with Crippen LogP contribution in [0.2, 0.25) is 5.02 Å². The average molecular weight is 267 g/mol. The number of rotatable bonds is 3. The van der Waals surface area contributed by atoms with Gasteiger partial charge >= 0.3 is 0 Å². The summed E-state index contributed by atoms with van der Waals surface area (Å²) in [6, 6.07) is 9.58. The van der Waals surface area contributed by atoms with Crippen molar-refractivity contribution in [3.05, 3.63) is 58.4 Å². The number of aryl methyl sites for hydroxylation is 1. The van der Waals surface area contributed by atoms with Gasteiger partial charge in [0.2, 0.25) is 0 Å². The maximum atomic E-state index is 13.6. The van der Waals surface area contributed by atoms with Crippen molar-refractivity contribution in [2.24, 2.45) is 0 Å². The standard InChI is InChI=1S/C14H12ClFO2/c1-9-5-6-12(16)13(7-9)18-14-10(8-17)3-2-4-11(14)15/h2-7,17H,8H2,1H3. The SMILES string of the molecule is Cc1ccc(F)c(Oc2c(Cl)cccc2CO)c1. The van der Waals surface area contributed by atoms with Crippen LogP contribution in [0.5, 0.6) is 11.5 Å². The molecule has 0 aromatic heterocycles. The largest absolute Gasteiger partial charge is 0.452 e. The predicted molar refractivity (Wildman–Crippen MR) is 68.6 cm³/mol. The number of benzene rings is 2. The highest BCUT2D eigenvalue weighted by atomic mass is 35.5. The molecule has 94 valence electrons. The second-order valence-corrected chi connectivity index (χ2v) is 4.33. The molecule has 0 aliphatic heterocycles. The summed E-state index contributed by atoms with van der Waals surface area (Å²) in [5.41, 5.74) is 1.40. The molecular formula is C14H12ClFO2. The van der Waals surface area contributed by atoms with Crippen molar-refractivity contribution >= 4 is 11.6 Å². The van der Waals surface area contributed by atoms with Gasteiger partial charge in [-0.15, -0.1) is 0 Å². The zero-order valence-corrected chi connectivity index (χ0v) is 10.5. The lowest BCUT2D eigenvalue weighted by molar-refractivity contribution is 0.276. The van der Waals surface area contributed by atoms with E-state index in [4.69, 9.17) is 16.3 Å². The van der Waals surface area contributed by atoms with Crippen LogP contribution < -0.4 is 4.74 Å². The van der Waals surface area contributed by atoms with Gasteiger partial charge in [-0.3, -0.25) is 0 Å². The monoisotopic (exact) mass is 266 g/mol. The Balaban J connectivity index is 2.42. The third-order valence-electron chi connectivity index (χ3n) is 2.52. The van der Waals surface area contributed by atoms with Crippen molar-refractivity contribution in [2.75, 3.05) is 0 Å². The maximum Gasteiger partial charge on any atom is 0.165 e. The summed E-state index contributed by atoms with van der Waals surface area (Å²) in [5, 5.41) is 9.55. The molecule has 0 bridgehead atoms. The first-order chi connectivity index (χ1) is 8.61. The van der Waals surface area contributed by atoms with Crippen LogP contribution in [0, 0.1) is 12.7 Å². The minimum Gasteiger partial charge on any atom is -0.452 e. The fourth-order valence-electron chi connectivity index (χ4n) is 1.59. The fraction of sp³-hybridized carbons (Fsp3) is 0.143. The Morgan fingerprint density at radius 2 is 2.06 bits per heavy atom. The molecule has 0 heterocycles. The molecule has 0 spiro atoms. The van der Waals surface area contributed by atoms with Crippen molar-refractivity contribution in [3.8, 4) is 11.5 Å². The summed E-state index contributed by atoms with van der Waals surface area (Å²) in [5.74, 6) is -0.0895. The normalized spacial score (nSPS) is 10.4. The first-order valence-corrected chi connectivity index (χ1v) is 5.82. The van der Waals surface area contributed by atoms with Crippen LogP contribution in [0.1, 0.15) is 11.1 Å². The Morgan fingerprint density at radius 1 is 1.28 bits per heavy atom. The number of ether oxygens (including phenoxy) is 1. The van der Waals surface area contributed by atoms with Crippen LogP contribution in [0.15, 0.2) is 36.4 Å². The van der Waals surface area contributed by atoms with Gasteiger partial charge in [0.1, 0.15) is 0 Å². The smallest absolute Gasteiger partial charge is 0.165 e. The highest BCUT2D eigenvalue weighted by Gasteiger charge is 2.11. The Hall–Kier alpha value is -1.58. The van der Waals surface area contributed by atoms with Gasteiger partial charge in [0.05, 0.1) is 11.6 Å². The van der Waals surface area contributed by atoms with Crippen LogP contribution in [0.3, 0.4) is 0 Å². The Kier molecular flexibility index (Phi) is 3.84. The second kappa shape index (κ2) is 5.38. The van der Waals surface area contributed by atoms with Crippen LogP contribution in [-0.4, -0.2) is 5.11 Å². The van der Waals surface area contributed by atoms with E-state index in [1.165, 1.54) is 6.07 Å². The van der Waals surface area contributed by atoms with Crippen molar-refractivity contribution in [2.45, 2.75) is 13.5 Å². The molecule has 2 aromatic rings. The van der Waals surface area contributed by atoms with E-state index in [2.05, 4.69) is 0 Å². The summed E-state index contributed by atoms with van der Waals surface area (Å²) >= 11 is 5.99. The summed E-state index contributed by atoms with van der Waals surface area (Å²) in [7, 11) is 0. The molecule has 18 heavy (non-hydrogen) atoms. The van der Waals surface area contributed by atoms with Crippen molar-refractivity contribution in [1.29, 1.82) is 0 Å². The lowest BCUT2D eigenvalue weighted by atomic mass is 10.2. The lowest BCUT2D eigenvalue weighted by Gasteiger charge is -2.12. The van der Waals surface area contributed by atoms with E-state index in [1.54, 1.807) is 30.3 Å². The van der Waals surface area contributed by atoms with E-state index < -0.39 is 5.82 Å². The number of hydrogen-bond acceptors (Lipinski definition) is 2. The minimum absolute atomic E-state index is 0.0952. The molecule has 0 saturated carbocycles. The average Bonchev–Trinajstić information content (AvgIpc) is 2.36. The summed E-state index contributed by atoms with van der Waals surface area (Å²) in [6.45, 7) is 1.62. The summed E-state index contributed by atoms with van der Waals surface area (Å²) < 4.78 is 19.1. The number of aliphatic hydroxyl groups excluding tert-OH is 1. The van der Waals surface area contributed by atoms with Crippen LogP contribution in [0.25, 0.3) is 0 Å². The van der Waals surface area contributed by atoms with E-state index in [9.17, 15) is 9.50 Å². The topological polar surface area (TPSA) is 29.5 Å².